The van der Waals surface area contributed by atoms with E-state index in [9.17, 15) is 4.79 Å². The quantitative estimate of drug-likeness (QED) is 0.251. The van der Waals surface area contributed by atoms with Gasteiger partial charge in [0.05, 0.1) is 13.1 Å². The summed E-state index contributed by atoms with van der Waals surface area (Å²) in [5, 5.41) is 6.77. The SMILES string of the molecule is Cc1ccc(CNC(=NCc2ccc(N3CCOC3=O)cc2)Nc2ccccc2)cc1.I. The van der Waals surface area contributed by atoms with Crippen LogP contribution in [0, 0.1) is 6.92 Å². The highest BCUT2D eigenvalue weighted by molar-refractivity contribution is 14.0. The molecule has 0 aromatic heterocycles. The third kappa shape index (κ3) is 6.46. The minimum atomic E-state index is -0.291. The van der Waals surface area contributed by atoms with Crippen LogP contribution in [0.15, 0.2) is 83.9 Å². The van der Waals surface area contributed by atoms with Crippen molar-refractivity contribution < 1.29 is 9.53 Å². The highest BCUT2D eigenvalue weighted by Gasteiger charge is 2.23. The Morgan fingerprint density at radius 2 is 1.66 bits per heavy atom. The Morgan fingerprint density at radius 3 is 2.31 bits per heavy atom. The number of nitrogens with zero attached hydrogens (tertiary/aromatic N) is 2. The number of halogens is 1. The highest BCUT2D eigenvalue weighted by atomic mass is 127. The zero-order valence-corrected chi connectivity index (χ0v) is 20.3. The Balaban J connectivity index is 0.00000289. The number of amides is 1. The largest absolute Gasteiger partial charge is 0.447 e. The zero-order chi connectivity index (χ0) is 21.5. The second-order valence-electron chi connectivity index (χ2n) is 7.43. The number of carbonyl (C=O) groups excluding carboxylic acids is 1. The van der Waals surface area contributed by atoms with Crippen molar-refractivity contribution in [2.75, 3.05) is 23.4 Å². The van der Waals surface area contributed by atoms with E-state index >= 15 is 0 Å². The second kappa shape index (κ2) is 11.5. The number of rotatable bonds is 6. The van der Waals surface area contributed by atoms with Crippen molar-refractivity contribution in [3.63, 3.8) is 0 Å². The molecule has 0 aliphatic carbocycles. The van der Waals surface area contributed by atoms with Gasteiger partial charge in [0.1, 0.15) is 6.61 Å². The third-order valence-electron chi connectivity index (χ3n) is 5.05. The van der Waals surface area contributed by atoms with Gasteiger partial charge in [-0.3, -0.25) is 4.90 Å². The van der Waals surface area contributed by atoms with Crippen molar-refractivity contribution in [2.24, 2.45) is 4.99 Å². The van der Waals surface area contributed by atoms with Crippen LogP contribution in [0.5, 0.6) is 0 Å². The van der Waals surface area contributed by atoms with Crippen molar-refractivity contribution in [3.05, 3.63) is 95.6 Å². The monoisotopic (exact) mass is 542 g/mol. The van der Waals surface area contributed by atoms with E-state index < -0.39 is 0 Å². The topological polar surface area (TPSA) is 66.0 Å². The summed E-state index contributed by atoms with van der Waals surface area (Å²) in [7, 11) is 0. The van der Waals surface area contributed by atoms with Crippen molar-refractivity contribution in [1.29, 1.82) is 0 Å². The average Bonchev–Trinajstić information content (AvgIpc) is 3.23. The van der Waals surface area contributed by atoms with Crippen molar-refractivity contribution in [2.45, 2.75) is 20.0 Å². The van der Waals surface area contributed by atoms with E-state index in [2.05, 4.69) is 41.8 Å². The summed E-state index contributed by atoms with van der Waals surface area (Å²) in [5.74, 6) is 0.707. The summed E-state index contributed by atoms with van der Waals surface area (Å²) >= 11 is 0. The number of carbonyl (C=O) groups is 1. The first kappa shape index (κ1) is 23.6. The molecule has 3 aromatic carbocycles. The Bertz CT molecular complexity index is 1040. The smallest absolute Gasteiger partial charge is 0.414 e. The molecule has 166 valence electrons. The number of guanidine groups is 1. The molecule has 1 fully saturated rings. The fraction of sp³-hybridized carbons (Fsp3) is 0.200. The van der Waals surface area contributed by atoms with Crippen molar-refractivity contribution >= 4 is 47.4 Å². The van der Waals surface area contributed by atoms with E-state index in [1.165, 1.54) is 11.1 Å². The minimum absolute atomic E-state index is 0. The molecule has 32 heavy (non-hydrogen) atoms. The molecule has 0 spiro atoms. The molecule has 1 amide bonds. The molecule has 3 aromatic rings. The summed E-state index contributed by atoms with van der Waals surface area (Å²) in [5.41, 5.74) is 5.30. The van der Waals surface area contributed by atoms with E-state index in [0.29, 0.717) is 32.2 Å². The lowest BCUT2D eigenvalue weighted by Gasteiger charge is -2.14. The predicted molar refractivity (Wildman–Crippen MR) is 140 cm³/mol. The van der Waals surface area contributed by atoms with E-state index in [4.69, 9.17) is 9.73 Å². The van der Waals surface area contributed by atoms with E-state index in [1.807, 2.05) is 54.6 Å². The number of cyclic esters (lactones) is 1. The summed E-state index contributed by atoms with van der Waals surface area (Å²) in [6.07, 6.45) is -0.291. The molecular formula is C25H27IN4O2. The van der Waals surface area contributed by atoms with E-state index in [1.54, 1.807) is 4.90 Å². The van der Waals surface area contributed by atoms with Crippen LogP contribution in [0.3, 0.4) is 0 Å². The number of ether oxygens (including phenoxy) is 1. The van der Waals surface area contributed by atoms with E-state index in [0.717, 1.165) is 16.9 Å². The fourth-order valence-corrected chi connectivity index (χ4v) is 3.27. The van der Waals surface area contributed by atoms with Crippen LogP contribution in [0.2, 0.25) is 0 Å². The fourth-order valence-electron chi connectivity index (χ4n) is 3.27. The van der Waals surface area contributed by atoms with Crippen LogP contribution in [-0.2, 0) is 17.8 Å². The molecule has 6 nitrogen and oxygen atoms in total. The number of hydrogen-bond acceptors (Lipinski definition) is 3. The van der Waals surface area contributed by atoms with Gasteiger partial charge in [-0.2, -0.15) is 0 Å². The van der Waals surface area contributed by atoms with Crippen LogP contribution in [-0.4, -0.2) is 25.2 Å². The predicted octanol–water partition coefficient (Wildman–Crippen LogP) is 5.33. The minimum Gasteiger partial charge on any atom is -0.447 e. The number of nitrogens with one attached hydrogen (secondary N) is 2. The molecule has 0 unspecified atom stereocenters. The highest BCUT2D eigenvalue weighted by Crippen LogP contribution is 2.19. The molecule has 0 bridgehead atoms. The van der Waals surface area contributed by atoms with Crippen LogP contribution < -0.4 is 15.5 Å². The Labute approximate surface area is 205 Å². The first-order valence-electron chi connectivity index (χ1n) is 10.4. The van der Waals surface area contributed by atoms with Gasteiger partial charge < -0.3 is 15.4 Å². The summed E-state index contributed by atoms with van der Waals surface area (Å²) in [4.78, 5) is 18.1. The van der Waals surface area contributed by atoms with Crippen LogP contribution in [0.4, 0.5) is 16.2 Å². The van der Waals surface area contributed by atoms with Gasteiger partial charge in [-0.1, -0.05) is 60.2 Å². The van der Waals surface area contributed by atoms with Gasteiger partial charge in [-0.15, -0.1) is 24.0 Å². The number of aryl methyl sites for hydroxylation is 1. The van der Waals surface area contributed by atoms with Crippen LogP contribution in [0.25, 0.3) is 0 Å². The second-order valence-corrected chi connectivity index (χ2v) is 7.43. The number of hydrogen-bond donors (Lipinski definition) is 2. The average molecular weight is 542 g/mol. The lowest BCUT2D eigenvalue weighted by Crippen LogP contribution is -2.30. The third-order valence-corrected chi connectivity index (χ3v) is 5.05. The molecule has 0 radical (unpaired) electrons. The van der Waals surface area contributed by atoms with Gasteiger partial charge in [0, 0.05) is 17.9 Å². The molecule has 1 aliphatic heterocycles. The first-order chi connectivity index (χ1) is 15.2. The molecule has 7 heteroatoms. The van der Waals surface area contributed by atoms with Crippen LogP contribution >= 0.6 is 24.0 Å². The lowest BCUT2D eigenvalue weighted by molar-refractivity contribution is 0.181. The molecule has 0 atom stereocenters. The Hall–Kier alpha value is -3.07. The van der Waals surface area contributed by atoms with Crippen molar-refractivity contribution in [1.82, 2.24) is 5.32 Å². The number of aliphatic imine (C=N–C) groups is 1. The maximum Gasteiger partial charge on any atom is 0.414 e. The first-order valence-corrected chi connectivity index (χ1v) is 10.4. The number of benzene rings is 3. The molecule has 1 saturated heterocycles. The normalized spacial score (nSPS) is 13.3. The Morgan fingerprint density at radius 1 is 0.969 bits per heavy atom. The maximum absolute atomic E-state index is 11.7. The lowest BCUT2D eigenvalue weighted by atomic mass is 10.1. The molecule has 4 rings (SSSR count). The van der Waals surface area contributed by atoms with Gasteiger partial charge in [0.15, 0.2) is 5.96 Å². The molecule has 0 saturated carbocycles. The van der Waals surface area contributed by atoms with Gasteiger partial charge in [0.2, 0.25) is 0 Å². The van der Waals surface area contributed by atoms with E-state index in [-0.39, 0.29) is 30.1 Å². The van der Waals surface area contributed by atoms with Gasteiger partial charge in [-0.25, -0.2) is 9.79 Å². The Kier molecular flexibility index (Phi) is 8.49. The summed E-state index contributed by atoms with van der Waals surface area (Å²) in [6, 6.07) is 26.3. The van der Waals surface area contributed by atoms with Gasteiger partial charge in [-0.05, 0) is 42.3 Å². The molecule has 1 heterocycles. The van der Waals surface area contributed by atoms with Gasteiger partial charge >= 0.3 is 6.09 Å². The zero-order valence-electron chi connectivity index (χ0n) is 18.0. The number of para-hydroxylation sites is 1. The molecule has 2 N–H and O–H groups in total. The summed E-state index contributed by atoms with van der Waals surface area (Å²) in [6.45, 7) is 4.30. The number of anilines is 2. The van der Waals surface area contributed by atoms with Crippen LogP contribution in [0.1, 0.15) is 16.7 Å². The standard InChI is InChI=1S/C25H26N4O2.HI/c1-19-7-9-20(10-8-19)17-26-24(28-22-5-3-2-4-6-22)27-18-21-11-13-23(14-12-21)29-15-16-31-25(29)30;/h2-14H,15-18H2,1H3,(H2,26,27,28);1H. The maximum atomic E-state index is 11.7. The summed E-state index contributed by atoms with van der Waals surface area (Å²) < 4.78 is 5.00. The molecule has 1 aliphatic rings. The van der Waals surface area contributed by atoms with Gasteiger partial charge in [0.25, 0.3) is 0 Å². The van der Waals surface area contributed by atoms with Crippen molar-refractivity contribution in [3.8, 4) is 0 Å². The molecular weight excluding hydrogens is 515 g/mol.